The summed E-state index contributed by atoms with van der Waals surface area (Å²) in [5, 5.41) is 14.0. The van der Waals surface area contributed by atoms with E-state index in [0.29, 0.717) is 24.3 Å². The molecule has 2 bridgehead atoms. The van der Waals surface area contributed by atoms with Gasteiger partial charge in [-0.3, -0.25) is 4.98 Å². The molecule has 6 nitrogen and oxygen atoms in total. The second-order valence-corrected chi connectivity index (χ2v) is 8.42. The first-order valence-corrected chi connectivity index (χ1v) is 10.7. The lowest BCUT2D eigenvalue weighted by Gasteiger charge is -2.38. The van der Waals surface area contributed by atoms with E-state index in [1.807, 2.05) is 47.1 Å². The van der Waals surface area contributed by atoms with Crippen molar-refractivity contribution in [3.8, 4) is 17.3 Å². The molecule has 30 heavy (non-hydrogen) atoms. The van der Waals surface area contributed by atoms with Crippen LogP contribution in [0.1, 0.15) is 59.9 Å². The fraction of sp³-hybridized carbons (Fsp3) is 0.333. The Morgan fingerprint density at radius 1 is 0.967 bits per heavy atom. The summed E-state index contributed by atoms with van der Waals surface area (Å²) in [5.41, 5.74) is 6.54. The summed E-state index contributed by atoms with van der Waals surface area (Å²) in [6.45, 7) is 2.48. The molecule has 0 saturated heterocycles. The van der Waals surface area contributed by atoms with Crippen molar-refractivity contribution < 1.29 is 4.74 Å². The number of fused-ring (bicyclic) bond motifs is 3. The van der Waals surface area contributed by atoms with Gasteiger partial charge in [0, 0.05) is 22.9 Å². The van der Waals surface area contributed by atoms with E-state index in [1.165, 1.54) is 42.4 Å². The molecule has 3 aliphatic rings. The molecule has 3 heterocycles. The molecule has 0 spiro atoms. The van der Waals surface area contributed by atoms with Gasteiger partial charge in [0.25, 0.3) is 0 Å². The third-order valence-corrected chi connectivity index (χ3v) is 6.50. The van der Waals surface area contributed by atoms with Crippen LogP contribution in [-0.2, 0) is 6.61 Å². The number of hydrogen-bond donors (Lipinski definition) is 0. The average Bonchev–Trinajstić information content (AvgIpc) is 3.23. The van der Waals surface area contributed by atoms with Crippen molar-refractivity contribution in [3.05, 3.63) is 71.0 Å². The molecule has 1 fully saturated rings. The molecule has 4 aromatic rings. The number of aryl methyl sites for hydroxylation is 1. The van der Waals surface area contributed by atoms with Crippen molar-refractivity contribution in [1.82, 2.24) is 24.8 Å². The van der Waals surface area contributed by atoms with Crippen molar-refractivity contribution in [3.63, 3.8) is 0 Å². The Balaban J connectivity index is 1.50. The maximum atomic E-state index is 6.32. The molecular weight excluding hydrogens is 374 g/mol. The summed E-state index contributed by atoms with van der Waals surface area (Å²) >= 11 is 0. The Labute approximate surface area is 175 Å². The van der Waals surface area contributed by atoms with Gasteiger partial charge in [-0.05, 0) is 62.1 Å². The number of nitrogens with zero attached hydrogens (tertiary/aromatic N) is 5. The summed E-state index contributed by atoms with van der Waals surface area (Å²) in [4.78, 5) is 4.45. The van der Waals surface area contributed by atoms with Crippen molar-refractivity contribution in [1.29, 1.82) is 0 Å². The minimum atomic E-state index is 0.410. The molecular formula is C24H23N5O. The Kier molecular flexibility index (Phi) is 4.04. The molecule has 3 aromatic heterocycles. The molecule has 150 valence electrons. The van der Waals surface area contributed by atoms with Crippen LogP contribution in [0.2, 0.25) is 0 Å². The van der Waals surface area contributed by atoms with Gasteiger partial charge in [0.05, 0.1) is 5.69 Å². The second kappa shape index (κ2) is 6.90. The maximum absolute atomic E-state index is 6.32. The topological polar surface area (TPSA) is 65.2 Å². The average molecular weight is 397 g/mol. The van der Waals surface area contributed by atoms with Gasteiger partial charge >= 0.3 is 0 Å². The highest BCUT2D eigenvalue weighted by Crippen LogP contribution is 2.53. The summed E-state index contributed by atoms with van der Waals surface area (Å²) in [6, 6.07) is 14.2. The normalized spacial score (nSPS) is 19.8. The zero-order valence-electron chi connectivity index (χ0n) is 17.0. The quantitative estimate of drug-likeness (QED) is 0.493. The molecule has 0 amide bonds. The maximum Gasteiger partial charge on any atom is 0.236 e. The predicted octanol–water partition coefficient (Wildman–Crippen LogP) is 4.83. The van der Waals surface area contributed by atoms with E-state index >= 15 is 0 Å². The highest BCUT2D eigenvalue weighted by Gasteiger charge is 2.39. The first kappa shape index (κ1) is 17.6. The molecule has 0 unspecified atom stereocenters. The fourth-order valence-electron chi connectivity index (χ4n) is 5.08. The molecule has 0 atom stereocenters. The van der Waals surface area contributed by atoms with Crippen molar-refractivity contribution >= 4 is 5.65 Å². The highest BCUT2D eigenvalue weighted by atomic mass is 16.5. The molecule has 1 saturated carbocycles. The minimum Gasteiger partial charge on any atom is -0.470 e. The van der Waals surface area contributed by atoms with E-state index in [2.05, 4.69) is 28.2 Å². The lowest BCUT2D eigenvalue weighted by atomic mass is 9.67. The molecule has 1 aromatic carbocycles. The lowest BCUT2D eigenvalue weighted by Crippen LogP contribution is -2.25. The number of ether oxygens (including phenoxy) is 1. The van der Waals surface area contributed by atoms with Gasteiger partial charge in [-0.2, -0.15) is 4.52 Å². The molecule has 0 aliphatic heterocycles. The SMILES string of the molecule is Cc1ccnc(COc2nn3c(-c4ccccc4)nnc3c3c2C2CCC3CC2)c1. The van der Waals surface area contributed by atoms with Crippen molar-refractivity contribution in [2.75, 3.05) is 0 Å². The number of aromatic nitrogens is 5. The largest absolute Gasteiger partial charge is 0.470 e. The third kappa shape index (κ3) is 2.78. The molecule has 0 N–H and O–H groups in total. The number of benzene rings is 1. The molecule has 3 aliphatic carbocycles. The predicted molar refractivity (Wildman–Crippen MR) is 113 cm³/mol. The van der Waals surface area contributed by atoms with Crippen LogP contribution in [0, 0.1) is 6.92 Å². The Morgan fingerprint density at radius 2 is 1.73 bits per heavy atom. The Morgan fingerprint density at radius 3 is 2.50 bits per heavy atom. The number of hydrogen-bond acceptors (Lipinski definition) is 5. The van der Waals surface area contributed by atoms with Crippen LogP contribution in [0.15, 0.2) is 48.7 Å². The highest BCUT2D eigenvalue weighted by molar-refractivity contribution is 5.65. The Bertz CT molecular complexity index is 1230. The Hall–Kier alpha value is -3.28. The number of rotatable bonds is 4. The van der Waals surface area contributed by atoms with Crippen molar-refractivity contribution in [2.45, 2.75) is 51.0 Å². The fourth-order valence-corrected chi connectivity index (χ4v) is 5.08. The van der Waals surface area contributed by atoms with Crippen LogP contribution < -0.4 is 4.74 Å². The number of pyridine rings is 1. The summed E-state index contributed by atoms with van der Waals surface area (Å²) in [6.07, 6.45) is 6.66. The van der Waals surface area contributed by atoms with Crippen LogP contribution in [0.25, 0.3) is 17.0 Å². The standard InChI is InChI=1S/C24H23N5O/c1-15-11-12-25-19(13-15)14-30-24-21-17-9-7-16(8-10-17)20(21)23-27-26-22(29(23)28-24)18-5-3-2-4-6-18/h2-6,11-13,16-17H,7-10,14H2,1H3. The molecule has 6 heteroatoms. The first-order valence-electron chi connectivity index (χ1n) is 10.7. The third-order valence-electron chi connectivity index (χ3n) is 6.50. The van der Waals surface area contributed by atoms with Gasteiger partial charge in [-0.1, -0.05) is 30.3 Å². The van der Waals surface area contributed by atoms with Crippen LogP contribution in [-0.4, -0.2) is 24.8 Å². The van der Waals surface area contributed by atoms with E-state index in [0.717, 1.165) is 22.7 Å². The summed E-state index contributed by atoms with van der Waals surface area (Å²) in [7, 11) is 0. The van der Waals surface area contributed by atoms with E-state index in [-0.39, 0.29) is 0 Å². The van der Waals surface area contributed by atoms with E-state index in [9.17, 15) is 0 Å². The zero-order chi connectivity index (χ0) is 20.1. The monoisotopic (exact) mass is 397 g/mol. The van der Waals surface area contributed by atoms with Crippen molar-refractivity contribution in [2.24, 2.45) is 0 Å². The van der Waals surface area contributed by atoms with Crippen LogP contribution in [0.4, 0.5) is 0 Å². The minimum absolute atomic E-state index is 0.410. The summed E-state index contributed by atoms with van der Waals surface area (Å²) < 4.78 is 8.20. The van der Waals surface area contributed by atoms with Gasteiger partial charge in [-0.25, -0.2) is 0 Å². The van der Waals surface area contributed by atoms with E-state index in [1.54, 1.807) is 0 Å². The summed E-state index contributed by atoms with van der Waals surface area (Å²) in [5.74, 6) is 2.49. The van der Waals surface area contributed by atoms with E-state index in [4.69, 9.17) is 9.84 Å². The van der Waals surface area contributed by atoms with Crippen LogP contribution in [0.5, 0.6) is 5.88 Å². The van der Waals surface area contributed by atoms with Crippen LogP contribution >= 0.6 is 0 Å². The van der Waals surface area contributed by atoms with Gasteiger partial charge in [0.15, 0.2) is 11.5 Å². The van der Waals surface area contributed by atoms with E-state index < -0.39 is 0 Å². The smallest absolute Gasteiger partial charge is 0.236 e. The van der Waals surface area contributed by atoms with Gasteiger partial charge < -0.3 is 4.74 Å². The lowest BCUT2D eigenvalue weighted by molar-refractivity contribution is 0.265. The van der Waals surface area contributed by atoms with Gasteiger partial charge in [0.2, 0.25) is 5.88 Å². The van der Waals surface area contributed by atoms with Crippen LogP contribution in [0.3, 0.4) is 0 Å². The van der Waals surface area contributed by atoms with Gasteiger partial charge in [0.1, 0.15) is 6.61 Å². The van der Waals surface area contributed by atoms with Gasteiger partial charge in [-0.15, -0.1) is 15.3 Å². The second-order valence-electron chi connectivity index (χ2n) is 8.42. The first-order chi connectivity index (χ1) is 14.8. The molecule has 0 radical (unpaired) electrons. The zero-order valence-corrected chi connectivity index (χ0v) is 17.0. The molecule has 7 rings (SSSR count).